The van der Waals surface area contributed by atoms with Gasteiger partial charge in [-0.2, -0.15) is 6.07 Å². The normalized spacial score (nSPS) is 10.1. The first kappa shape index (κ1) is 29.4. The molecule has 0 saturated heterocycles. The van der Waals surface area contributed by atoms with Gasteiger partial charge in [0.2, 0.25) is 16.3 Å². The van der Waals surface area contributed by atoms with E-state index in [0.717, 1.165) is 0 Å². The van der Waals surface area contributed by atoms with Crippen LogP contribution in [-0.4, -0.2) is 0 Å². The molecule has 0 saturated carbocycles. The molecule has 0 spiro atoms. The van der Waals surface area contributed by atoms with Crippen LogP contribution in [0.15, 0.2) is 152 Å². The fourth-order valence-corrected chi connectivity index (χ4v) is 7.49. The van der Waals surface area contributed by atoms with Crippen LogP contribution in [-0.2, 0) is 20.4 Å². The number of hydrogen-bond acceptors (Lipinski definition) is 2. The molecular formula is C33H30O2P2Pd+2. The van der Waals surface area contributed by atoms with Gasteiger partial charge in [0, 0.05) is 0 Å². The summed E-state index contributed by atoms with van der Waals surface area (Å²) in [6, 6.07) is 51.0. The molecule has 0 amide bonds. The van der Waals surface area contributed by atoms with Crippen molar-refractivity contribution in [2.75, 3.05) is 0 Å². The van der Waals surface area contributed by atoms with Gasteiger partial charge in [-0.25, -0.2) is 19.6 Å². The molecule has 0 radical (unpaired) electrons. The summed E-state index contributed by atoms with van der Waals surface area (Å²) in [4.78, 5) is 0. The van der Waals surface area contributed by atoms with E-state index in [9.17, 15) is 0 Å². The quantitative estimate of drug-likeness (QED) is 0.107. The molecule has 0 atom stereocenters. The maximum atomic E-state index is 6.60. The molecular weight excluding hydrogens is 597 g/mol. The van der Waals surface area contributed by atoms with E-state index in [2.05, 4.69) is 117 Å². The largest absolute Gasteiger partial charge is 2.00 e. The van der Waals surface area contributed by atoms with Gasteiger partial charge in [0.25, 0.3) is 0 Å². The minimum atomic E-state index is -1.48. The summed E-state index contributed by atoms with van der Waals surface area (Å²) in [6.45, 7) is 6.50. The number of allylic oxidation sites excluding steroid dienone is 1. The molecule has 192 valence electrons. The topological polar surface area (TPSA) is 18.5 Å². The van der Waals surface area contributed by atoms with Crippen molar-refractivity contribution in [3.05, 3.63) is 165 Å². The molecule has 0 bridgehead atoms. The molecule has 0 aliphatic carbocycles. The standard InChI is InChI=1S/C30H23O2P2.C3H5.Pd/c1-5-16-27(17-6-1)33(28-18-7-2-8-19-28)31-25-14-13-15-26(24-25)32-34(29-20-9-3-10-21-29)30-22-11-4-12-23-30;1-3-2;/h1-23H;3H,1-2H2;/q2*-1;+2/p+2. The van der Waals surface area contributed by atoms with Crippen molar-refractivity contribution in [1.29, 1.82) is 0 Å². The number of rotatable bonds is 8. The second kappa shape index (κ2) is 15.9. The molecule has 0 N–H and O–H groups in total. The van der Waals surface area contributed by atoms with Crippen LogP contribution in [0.4, 0.5) is 0 Å². The fraction of sp³-hybridized carbons (Fsp3) is 0. The molecule has 0 heterocycles. The van der Waals surface area contributed by atoms with Gasteiger partial charge in [-0.3, -0.25) is 0 Å². The van der Waals surface area contributed by atoms with Crippen LogP contribution in [0.2, 0.25) is 0 Å². The Hall–Kier alpha value is -3.17. The van der Waals surface area contributed by atoms with Crippen LogP contribution >= 0.6 is 16.3 Å². The fourth-order valence-electron chi connectivity index (χ4n) is 3.69. The molecule has 5 aromatic rings. The third-order valence-corrected chi connectivity index (χ3v) is 9.59. The Morgan fingerprint density at radius 2 is 0.763 bits per heavy atom. The zero-order chi connectivity index (χ0) is 25.7. The molecule has 0 aliphatic heterocycles. The molecule has 2 nitrogen and oxygen atoms in total. The Balaban J connectivity index is 0.000000956. The average Bonchev–Trinajstić information content (AvgIpc) is 2.97. The zero-order valence-electron chi connectivity index (χ0n) is 20.9. The van der Waals surface area contributed by atoms with Gasteiger partial charge in [0.05, 0.1) is 11.5 Å². The summed E-state index contributed by atoms with van der Waals surface area (Å²) in [7, 11) is -2.96. The molecule has 0 unspecified atom stereocenters. The summed E-state index contributed by atoms with van der Waals surface area (Å²) in [5.41, 5.74) is 0. The van der Waals surface area contributed by atoms with Gasteiger partial charge in [0.15, 0.2) is 0 Å². The molecule has 5 heteroatoms. The van der Waals surface area contributed by atoms with Crippen LogP contribution < -0.4 is 30.3 Å². The van der Waals surface area contributed by atoms with E-state index in [4.69, 9.17) is 9.05 Å². The van der Waals surface area contributed by atoms with Crippen LogP contribution in [0.1, 0.15) is 0 Å². The minimum Gasteiger partial charge on any atom is -0.368 e. The molecule has 5 rings (SSSR count). The van der Waals surface area contributed by atoms with Gasteiger partial charge in [0.1, 0.15) is 21.2 Å². The first-order valence-corrected chi connectivity index (χ1v) is 14.8. The molecule has 38 heavy (non-hydrogen) atoms. The van der Waals surface area contributed by atoms with Gasteiger partial charge < -0.3 is 9.05 Å². The average molecular weight is 627 g/mol. The van der Waals surface area contributed by atoms with E-state index in [1.807, 2.05) is 42.5 Å². The molecule has 0 fully saturated rings. The first-order valence-electron chi connectivity index (χ1n) is 12.0. The SMILES string of the molecule is C=C[CH2-].[Pd+2].[c-]1c(O[PH+](c2ccccc2)c2ccccc2)cccc1O[PH+](c1ccccc1)c1ccccc1. The summed E-state index contributed by atoms with van der Waals surface area (Å²) >= 11 is 0. The van der Waals surface area contributed by atoms with E-state index in [1.165, 1.54) is 27.3 Å². The molecule has 0 aromatic heterocycles. The van der Waals surface area contributed by atoms with Crippen molar-refractivity contribution in [2.45, 2.75) is 0 Å². The Bertz CT molecular complexity index is 1170. The van der Waals surface area contributed by atoms with Crippen molar-refractivity contribution in [3.8, 4) is 11.5 Å². The Morgan fingerprint density at radius 1 is 0.500 bits per heavy atom. The second-order valence-corrected chi connectivity index (χ2v) is 12.0. The van der Waals surface area contributed by atoms with Crippen LogP contribution in [0.3, 0.4) is 0 Å². The van der Waals surface area contributed by atoms with Gasteiger partial charge in [-0.05, 0) is 48.5 Å². The predicted molar refractivity (Wildman–Crippen MR) is 163 cm³/mol. The maximum absolute atomic E-state index is 6.60. The summed E-state index contributed by atoms with van der Waals surface area (Å²) in [5.74, 6) is 1.39. The first-order chi connectivity index (χ1) is 18.3. The Labute approximate surface area is 242 Å². The van der Waals surface area contributed by atoms with Crippen molar-refractivity contribution in [2.24, 2.45) is 0 Å². The third-order valence-electron chi connectivity index (χ3n) is 5.31. The number of benzene rings is 5. The van der Waals surface area contributed by atoms with Crippen LogP contribution in [0.25, 0.3) is 0 Å². The summed E-state index contributed by atoms with van der Waals surface area (Å²) in [6.07, 6.45) is 1.50. The van der Waals surface area contributed by atoms with Crippen molar-refractivity contribution >= 4 is 37.5 Å². The van der Waals surface area contributed by atoms with Crippen molar-refractivity contribution in [3.63, 3.8) is 0 Å². The summed E-state index contributed by atoms with van der Waals surface area (Å²) < 4.78 is 13.2. The molecule has 5 aromatic carbocycles. The van der Waals surface area contributed by atoms with E-state index in [1.54, 1.807) is 0 Å². The van der Waals surface area contributed by atoms with E-state index < -0.39 is 16.3 Å². The Morgan fingerprint density at radius 3 is 1.03 bits per heavy atom. The molecule has 0 aliphatic rings. The van der Waals surface area contributed by atoms with Crippen LogP contribution in [0, 0.1) is 13.0 Å². The van der Waals surface area contributed by atoms with Crippen molar-refractivity contribution in [1.82, 2.24) is 0 Å². The number of hydrogen-bond donors (Lipinski definition) is 0. The monoisotopic (exact) mass is 626 g/mol. The van der Waals surface area contributed by atoms with Crippen molar-refractivity contribution < 1.29 is 29.5 Å². The van der Waals surface area contributed by atoms with Gasteiger partial charge in [-0.15, -0.1) is 12.1 Å². The minimum absolute atomic E-state index is 0. The Kier molecular flexibility index (Phi) is 12.3. The smallest absolute Gasteiger partial charge is 0.368 e. The van der Waals surface area contributed by atoms with E-state index in [0.29, 0.717) is 11.5 Å². The summed E-state index contributed by atoms with van der Waals surface area (Å²) in [5, 5.41) is 4.77. The van der Waals surface area contributed by atoms with Crippen LogP contribution in [0.5, 0.6) is 11.5 Å². The van der Waals surface area contributed by atoms with Gasteiger partial charge in [-0.1, -0.05) is 78.9 Å². The predicted octanol–water partition coefficient (Wildman–Crippen LogP) is 6.81. The third kappa shape index (κ3) is 8.43. The van der Waals surface area contributed by atoms with E-state index >= 15 is 0 Å². The van der Waals surface area contributed by atoms with Gasteiger partial charge >= 0.3 is 20.4 Å². The van der Waals surface area contributed by atoms with E-state index in [-0.39, 0.29) is 20.4 Å². The maximum Gasteiger partial charge on any atom is 2.00 e. The second-order valence-electron chi connectivity index (χ2n) is 7.99. The zero-order valence-corrected chi connectivity index (χ0v) is 24.5.